The number of methoxy groups -OCH3 is 1. The number of benzene rings is 1. The Balaban J connectivity index is 2.79. The lowest BCUT2D eigenvalue weighted by Gasteiger charge is -2.13. The van der Waals surface area contributed by atoms with Crippen LogP contribution in [-0.2, 0) is 0 Å². The third-order valence-electron chi connectivity index (χ3n) is 2.72. The van der Waals surface area contributed by atoms with E-state index in [1.165, 1.54) is 11.1 Å². The van der Waals surface area contributed by atoms with Gasteiger partial charge in [-0.3, -0.25) is 0 Å². The second-order valence-electron chi connectivity index (χ2n) is 4.03. The number of hydrogen-bond donors (Lipinski definition) is 0. The molecule has 0 radical (unpaired) electrons. The molecule has 1 aromatic rings. The summed E-state index contributed by atoms with van der Waals surface area (Å²) in [5, 5.41) is 0. The highest BCUT2D eigenvalue weighted by Crippen LogP contribution is 2.25. The molecule has 0 spiro atoms. The lowest BCUT2D eigenvalue weighted by molar-refractivity contribution is 0.414. The first-order chi connectivity index (χ1) is 7.69. The third kappa shape index (κ3) is 3.31. The molecular weight excluding hydrogens is 196 g/mol. The van der Waals surface area contributed by atoms with Gasteiger partial charge in [-0.1, -0.05) is 19.9 Å². The number of aryl methyl sites for hydroxylation is 1. The van der Waals surface area contributed by atoms with Gasteiger partial charge in [-0.25, -0.2) is 0 Å². The summed E-state index contributed by atoms with van der Waals surface area (Å²) in [5.41, 5.74) is 2.65. The zero-order chi connectivity index (χ0) is 12.0. The van der Waals surface area contributed by atoms with Crippen molar-refractivity contribution in [2.75, 3.05) is 7.11 Å². The summed E-state index contributed by atoms with van der Waals surface area (Å²) in [7, 11) is 1.70. The average molecular weight is 216 g/mol. The molecule has 0 saturated heterocycles. The van der Waals surface area contributed by atoms with Crippen molar-refractivity contribution in [2.45, 2.75) is 39.5 Å². The van der Waals surface area contributed by atoms with Gasteiger partial charge in [0.25, 0.3) is 0 Å². The molecule has 16 heavy (non-hydrogen) atoms. The molecule has 0 aliphatic carbocycles. The highest BCUT2D eigenvalue weighted by Gasteiger charge is 2.07. The Morgan fingerprint density at radius 2 is 2.06 bits per heavy atom. The molecule has 0 aliphatic rings. The first-order valence-corrected chi connectivity index (χ1v) is 5.79. The van der Waals surface area contributed by atoms with Crippen molar-refractivity contribution in [3.63, 3.8) is 0 Å². The van der Waals surface area contributed by atoms with Crippen LogP contribution in [0, 0.1) is 18.8 Å². The largest absolute Gasteiger partial charge is 0.497 e. The fraction of sp³-hybridized carbons (Fsp3) is 0.467. The van der Waals surface area contributed by atoms with E-state index in [4.69, 9.17) is 4.74 Å². The molecule has 86 valence electrons. The van der Waals surface area contributed by atoms with Crippen molar-refractivity contribution in [1.29, 1.82) is 0 Å². The molecule has 0 aliphatic heterocycles. The lowest BCUT2D eigenvalue weighted by atomic mass is 9.94. The molecule has 1 unspecified atom stereocenters. The summed E-state index contributed by atoms with van der Waals surface area (Å²) >= 11 is 0. The summed E-state index contributed by atoms with van der Waals surface area (Å²) < 4.78 is 5.20. The van der Waals surface area contributed by atoms with Gasteiger partial charge in [0.05, 0.1) is 7.11 Å². The van der Waals surface area contributed by atoms with Crippen LogP contribution in [0.4, 0.5) is 0 Å². The standard InChI is InChI=1S/C15H20O/c1-5-6-7-8-12(2)15-10-9-14(16-4)11-13(15)3/h9-12H,5,8H2,1-4H3. The zero-order valence-corrected chi connectivity index (χ0v) is 10.6. The minimum absolute atomic E-state index is 0.491. The van der Waals surface area contributed by atoms with E-state index in [1.54, 1.807) is 7.11 Å². The first kappa shape index (κ1) is 12.6. The second-order valence-corrected chi connectivity index (χ2v) is 4.03. The van der Waals surface area contributed by atoms with Crippen LogP contribution in [0.25, 0.3) is 0 Å². The van der Waals surface area contributed by atoms with E-state index < -0.39 is 0 Å². The van der Waals surface area contributed by atoms with Gasteiger partial charge in [-0.05, 0) is 36.1 Å². The molecule has 1 rings (SSSR count). The Morgan fingerprint density at radius 1 is 1.31 bits per heavy atom. The summed E-state index contributed by atoms with van der Waals surface area (Å²) in [6.07, 6.45) is 1.87. The van der Waals surface area contributed by atoms with Crippen LogP contribution in [0.5, 0.6) is 5.75 Å². The van der Waals surface area contributed by atoms with Gasteiger partial charge in [-0.15, -0.1) is 11.8 Å². The Hall–Kier alpha value is -1.42. The third-order valence-corrected chi connectivity index (χ3v) is 2.72. The van der Waals surface area contributed by atoms with Gasteiger partial charge in [-0.2, -0.15) is 0 Å². The molecule has 1 heteroatoms. The SMILES string of the molecule is CCC#CCC(C)c1ccc(OC)cc1C. The number of ether oxygens (including phenoxy) is 1. The predicted molar refractivity (Wildman–Crippen MR) is 68.8 cm³/mol. The topological polar surface area (TPSA) is 9.23 Å². The Labute approximate surface area is 98.8 Å². The van der Waals surface area contributed by atoms with Crippen molar-refractivity contribution in [1.82, 2.24) is 0 Å². The van der Waals surface area contributed by atoms with Crippen molar-refractivity contribution in [2.24, 2.45) is 0 Å². The average Bonchev–Trinajstić information content (AvgIpc) is 2.29. The van der Waals surface area contributed by atoms with E-state index in [-0.39, 0.29) is 0 Å². The van der Waals surface area contributed by atoms with Crippen LogP contribution in [0.1, 0.15) is 43.7 Å². The maximum Gasteiger partial charge on any atom is 0.119 e. The van der Waals surface area contributed by atoms with Crippen LogP contribution in [-0.4, -0.2) is 7.11 Å². The van der Waals surface area contributed by atoms with Crippen molar-refractivity contribution in [3.8, 4) is 17.6 Å². The van der Waals surface area contributed by atoms with Crippen molar-refractivity contribution in [3.05, 3.63) is 29.3 Å². The van der Waals surface area contributed by atoms with Crippen LogP contribution in [0.3, 0.4) is 0 Å². The van der Waals surface area contributed by atoms with Gasteiger partial charge >= 0.3 is 0 Å². The van der Waals surface area contributed by atoms with Gasteiger partial charge in [0.2, 0.25) is 0 Å². The summed E-state index contributed by atoms with van der Waals surface area (Å²) in [5.74, 6) is 7.74. The molecule has 1 atom stereocenters. The summed E-state index contributed by atoms with van der Waals surface area (Å²) in [6.45, 7) is 6.43. The summed E-state index contributed by atoms with van der Waals surface area (Å²) in [6, 6.07) is 6.25. The van der Waals surface area contributed by atoms with Crippen molar-refractivity contribution < 1.29 is 4.74 Å². The number of hydrogen-bond acceptors (Lipinski definition) is 1. The molecule has 1 nitrogen and oxygen atoms in total. The predicted octanol–water partition coefficient (Wildman–Crippen LogP) is 3.91. The normalized spacial score (nSPS) is 11.5. The first-order valence-electron chi connectivity index (χ1n) is 5.79. The van der Waals surface area contributed by atoms with Gasteiger partial charge in [0, 0.05) is 12.8 Å². The highest BCUT2D eigenvalue weighted by atomic mass is 16.5. The van der Waals surface area contributed by atoms with E-state index >= 15 is 0 Å². The molecular formula is C15H20O. The monoisotopic (exact) mass is 216 g/mol. The molecule has 0 amide bonds. The van der Waals surface area contributed by atoms with Crippen LogP contribution in [0.2, 0.25) is 0 Å². The van der Waals surface area contributed by atoms with Crippen LogP contribution >= 0.6 is 0 Å². The van der Waals surface area contributed by atoms with Gasteiger partial charge < -0.3 is 4.74 Å². The maximum absolute atomic E-state index is 5.20. The van der Waals surface area contributed by atoms with Gasteiger partial charge in [0.15, 0.2) is 0 Å². The van der Waals surface area contributed by atoms with Crippen molar-refractivity contribution >= 4 is 0 Å². The molecule has 0 aromatic heterocycles. The second kappa shape index (κ2) is 6.23. The van der Waals surface area contributed by atoms with E-state index in [2.05, 4.69) is 44.7 Å². The molecule has 0 N–H and O–H groups in total. The minimum Gasteiger partial charge on any atom is -0.497 e. The molecule has 0 saturated carbocycles. The Kier molecular flexibility index (Phi) is 4.92. The molecule has 0 bridgehead atoms. The van der Waals surface area contributed by atoms with Crippen LogP contribution in [0.15, 0.2) is 18.2 Å². The Bertz CT molecular complexity index is 396. The minimum atomic E-state index is 0.491. The lowest BCUT2D eigenvalue weighted by Crippen LogP contribution is -1.96. The van der Waals surface area contributed by atoms with E-state index in [0.29, 0.717) is 5.92 Å². The molecule has 0 fully saturated rings. The van der Waals surface area contributed by atoms with E-state index in [0.717, 1.165) is 18.6 Å². The van der Waals surface area contributed by atoms with Crippen LogP contribution < -0.4 is 4.74 Å². The summed E-state index contributed by atoms with van der Waals surface area (Å²) in [4.78, 5) is 0. The van der Waals surface area contributed by atoms with Gasteiger partial charge in [0.1, 0.15) is 5.75 Å². The smallest absolute Gasteiger partial charge is 0.119 e. The fourth-order valence-electron chi connectivity index (χ4n) is 1.79. The highest BCUT2D eigenvalue weighted by molar-refractivity contribution is 5.37. The molecule has 0 heterocycles. The van der Waals surface area contributed by atoms with E-state index in [9.17, 15) is 0 Å². The fourth-order valence-corrected chi connectivity index (χ4v) is 1.79. The number of rotatable bonds is 3. The quantitative estimate of drug-likeness (QED) is 0.696. The zero-order valence-electron chi connectivity index (χ0n) is 10.6. The maximum atomic E-state index is 5.20. The molecule has 1 aromatic carbocycles. The Morgan fingerprint density at radius 3 is 2.62 bits per heavy atom. The van der Waals surface area contributed by atoms with E-state index in [1.807, 2.05) is 6.07 Å².